The van der Waals surface area contributed by atoms with E-state index < -0.39 is 11.7 Å². The van der Waals surface area contributed by atoms with E-state index in [9.17, 15) is 9.18 Å². The van der Waals surface area contributed by atoms with E-state index in [1.807, 2.05) is 0 Å². The molecule has 16 heavy (non-hydrogen) atoms. The predicted molar refractivity (Wildman–Crippen MR) is 61.3 cm³/mol. The standard InChI is InChI=1S/C10H9ClFN3O/c11-8-3-2-7(12)5-6(8)1-4-9(16)15-10(13)14/h1-5H,(H4,13,14,15,16)/b4-1+. The van der Waals surface area contributed by atoms with Gasteiger partial charge in [0.05, 0.1) is 0 Å². The van der Waals surface area contributed by atoms with Gasteiger partial charge in [-0.3, -0.25) is 4.79 Å². The number of nitrogens with zero attached hydrogens (tertiary/aromatic N) is 1. The molecule has 0 saturated heterocycles. The molecule has 1 amide bonds. The lowest BCUT2D eigenvalue weighted by Crippen LogP contribution is -2.23. The van der Waals surface area contributed by atoms with E-state index in [1.165, 1.54) is 24.3 Å². The van der Waals surface area contributed by atoms with Crippen molar-refractivity contribution >= 4 is 29.5 Å². The van der Waals surface area contributed by atoms with E-state index in [2.05, 4.69) is 4.99 Å². The van der Waals surface area contributed by atoms with Gasteiger partial charge in [0.2, 0.25) is 0 Å². The van der Waals surface area contributed by atoms with Crippen LogP contribution < -0.4 is 11.5 Å². The van der Waals surface area contributed by atoms with Gasteiger partial charge in [-0.15, -0.1) is 0 Å². The summed E-state index contributed by atoms with van der Waals surface area (Å²) < 4.78 is 12.8. The number of rotatable bonds is 2. The molecule has 0 heterocycles. The number of hydrogen-bond acceptors (Lipinski definition) is 1. The highest BCUT2D eigenvalue weighted by atomic mass is 35.5. The summed E-state index contributed by atoms with van der Waals surface area (Å²) in [5.74, 6) is -1.42. The van der Waals surface area contributed by atoms with E-state index in [-0.39, 0.29) is 5.96 Å². The Hall–Kier alpha value is -1.88. The lowest BCUT2D eigenvalue weighted by molar-refractivity contribution is -0.113. The van der Waals surface area contributed by atoms with Gasteiger partial charge < -0.3 is 11.5 Å². The van der Waals surface area contributed by atoms with Gasteiger partial charge in [-0.2, -0.15) is 4.99 Å². The largest absolute Gasteiger partial charge is 0.370 e. The zero-order valence-electron chi connectivity index (χ0n) is 8.15. The Kier molecular flexibility index (Phi) is 4.02. The SMILES string of the molecule is NC(N)=NC(=O)/C=C/c1cc(F)ccc1Cl. The van der Waals surface area contributed by atoms with Crippen LogP contribution in [0.4, 0.5) is 4.39 Å². The Bertz CT molecular complexity index is 467. The average Bonchev–Trinajstić information content (AvgIpc) is 2.18. The second-order valence-corrected chi connectivity index (χ2v) is 3.28. The van der Waals surface area contributed by atoms with Gasteiger partial charge >= 0.3 is 0 Å². The minimum atomic E-state index is -0.639. The van der Waals surface area contributed by atoms with Crippen LogP contribution >= 0.6 is 11.6 Å². The van der Waals surface area contributed by atoms with Gasteiger partial charge in [-0.1, -0.05) is 11.6 Å². The van der Waals surface area contributed by atoms with Crippen LogP contribution in [0.25, 0.3) is 6.08 Å². The molecule has 0 saturated carbocycles. The molecule has 1 aromatic rings. The molecule has 0 fully saturated rings. The summed E-state index contributed by atoms with van der Waals surface area (Å²) in [6.45, 7) is 0. The molecule has 0 unspecified atom stereocenters. The molecule has 4 nitrogen and oxygen atoms in total. The van der Waals surface area contributed by atoms with E-state index in [0.717, 1.165) is 6.08 Å². The van der Waals surface area contributed by atoms with Crippen LogP contribution in [0.5, 0.6) is 0 Å². The Balaban J connectivity index is 2.88. The van der Waals surface area contributed by atoms with Crippen molar-refractivity contribution in [2.24, 2.45) is 16.5 Å². The summed E-state index contributed by atoms with van der Waals surface area (Å²) >= 11 is 5.77. The van der Waals surface area contributed by atoms with Gasteiger partial charge in [0.15, 0.2) is 5.96 Å². The molecule has 1 aromatic carbocycles. The first-order valence-electron chi connectivity index (χ1n) is 4.26. The molecule has 4 N–H and O–H groups in total. The van der Waals surface area contributed by atoms with Crippen LogP contribution in [-0.4, -0.2) is 11.9 Å². The average molecular weight is 242 g/mol. The van der Waals surface area contributed by atoms with Crippen molar-refractivity contribution in [2.75, 3.05) is 0 Å². The fourth-order valence-electron chi connectivity index (χ4n) is 0.968. The number of aliphatic imine (C=N–C) groups is 1. The topological polar surface area (TPSA) is 81.5 Å². The van der Waals surface area contributed by atoms with Crippen molar-refractivity contribution in [2.45, 2.75) is 0 Å². The third-order valence-corrected chi connectivity index (χ3v) is 1.95. The number of benzene rings is 1. The Morgan fingerprint density at radius 2 is 2.12 bits per heavy atom. The van der Waals surface area contributed by atoms with Crippen LogP contribution in [0, 0.1) is 5.82 Å². The third kappa shape index (κ3) is 3.70. The second kappa shape index (κ2) is 5.27. The van der Waals surface area contributed by atoms with Crippen LogP contribution in [0.1, 0.15) is 5.56 Å². The number of nitrogens with two attached hydrogens (primary N) is 2. The maximum atomic E-state index is 12.8. The molecular formula is C10H9ClFN3O. The first kappa shape index (κ1) is 12.2. The maximum absolute atomic E-state index is 12.8. The van der Waals surface area contributed by atoms with Crippen LogP contribution in [-0.2, 0) is 4.79 Å². The van der Waals surface area contributed by atoms with Crippen molar-refractivity contribution in [3.8, 4) is 0 Å². The van der Waals surface area contributed by atoms with E-state index in [4.69, 9.17) is 23.1 Å². The molecule has 0 bridgehead atoms. The molecule has 0 radical (unpaired) electrons. The smallest absolute Gasteiger partial charge is 0.272 e. The minimum absolute atomic E-state index is 0.329. The normalized spacial score (nSPS) is 10.4. The Labute approximate surface area is 96.4 Å². The molecule has 0 atom stereocenters. The summed E-state index contributed by atoms with van der Waals surface area (Å²) in [5, 5.41) is 0.329. The summed E-state index contributed by atoms with van der Waals surface area (Å²) in [5.41, 5.74) is 10.4. The monoisotopic (exact) mass is 241 g/mol. The van der Waals surface area contributed by atoms with Gasteiger partial charge in [-0.25, -0.2) is 4.39 Å². The highest BCUT2D eigenvalue weighted by Gasteiger charge is 1.99. The predicted octanol–water partition coefficient (Wildman–Crippen LogP) is 1.29. The van der Waals surface area contributed by atoms with Gasteiger partial charge in [0, 0.05) is 11.1 Å². The van der Waals surface area contributed by atoms with Crippen molar-refractivity contribution in [1.29, 1.82) is 0 Å². The molecule has 0 aliphatic carbocycles. The third-order valence-electron chi connectivity index (χ3n) is 1.60. The van der Waals surface area contributed by atoms with Crippen molar-refractivity contribution in [1.82, 2.24) is 0 Å². The van der Waals surface area contributed by atoms with Gasteiger partial charge in [0.1, 0.15) is 5.82 Å². The lowest BCUT2D eigenvalue weighted by atomic mass is 10.2. The molecule has 84 valence electrons. The molecule has 0 aliphatic rings. The molecule has 0 aromatic heterocycles. The molecule has 0 spiro atoms. The van der Waals surface area contributed by atoms with Gasteiger partial charge in [-0.05, 0) is 29.8 Å². The Morgan fingerprint density at radius 1 is 1.44 bits per heavy atom. The first-order chi connectivity index (χ1) is 7.49. The second-order valence-electron chi connectivity index (χ2n) is 2.87. The number of carbonyl (C=O) groups excluding carboxylic acids is 1. The molecule has 6 heteroatoms. The lowest BCUT2D eigenvalue weighted by Gasteiger charge is -1.97. The van der Waals surface area contributed by atoms with E-state index in [1.54, 1.807) is 0 Å². The number of amides is 1. The van der Waals surface area contributed by atoms with E-state index >= 15 is 0 Å². The molecule has 0 aliphatic heterocycles. The number of carbonyl (C=O) groups is 1. The van der Waals surface area contributed by atoms with Gasteiger partial charge in [0.25, 0.3) is 5.91 Å². The van der Waals surface area contributed by atoms with Crippen molar-refractivity contribution in [3.63, 3.8) is 0 Å². The number of hydrogen-bond donors (Lipinski definition) is 2. The maximum Gasteiger partial charge on any atom is 0.272 e. The fourth-order valence-corrected chi connectivity index (χ4v) is 1.15. The molecule has 1 rings (SSSR count). The first-order valence-corrected chi connectivity index (χ1v) is 4.63. The minimum Gasteiger partial charge on any atom is -0.370 e. The zero-order chi connectivity index (χ0) is 12.1. The van der Waals surface area contributed by atoms with Crippen molar-refractivity contribution < 1.29 is 9.18 Å². The summed E-state index contributed by atoms with van der Waals surface area (Å²) in [4.78, 5) is 14.3. The van der Waals surface area contributed by atoms with Crippen molar-refractivity contribution in [3.05, 3.63) is 40.7 Å². The number of halogens is 2. The zero-order valence-corrected chi connectivity index (χ0v) is 8.91. The summed E-state index contributed by atoms with van der Waals surface area (Å²) in [6, 6.07) is 3.81. The van der Waals surface area contributed by atoms with Crippen LogP contribution in [0.2, 0.25) is 5.02 Å². The quantitative estimate of drug-likeness (QED) is 0.465. The highest BCUT2D eigenvalue weighted by Crippen LogP contribution is 2.18. The highest BCUT2D eigenvalue weighted by molar-refractivity contribution is 6.32. The van der Waals surface area contributed by atoms with Crippen LogP contribution in [0.3, 0.4) is 0 Å². The number of guanidine groups is 1. The summed E-state index contributed by atoms with van der Waals surface area (Å²) in [6.07, 6.45) is 2.43. The summed E-state index contributed by atoms with van der Waals surface area (Å²) in [7, 11) is 0. The fraction of sp³-hybridized carbons (Fsp3) is 0. The Morgan fingerprint density at radius 3 is 2.75 bits per heavy atom. The van der Waals surface area contributed by atoms with Crippen LogP contribution in [0.15, 0.2) is 29.3 Å². The van der Waals surface area contributed by atoms with E-state index in [0.29, 0.717) is 10.6 Å². The molecular weight excluding hydrogens is 233 g/mol.